The molecule has 2 rings (SSSR count). The van der Waals surface area contributed by atoms with Crippen LogP contribution >= 0.6 is 0 Å². The summed E-state index contributed by atoms with van der Waals surface area (Å²) >= 11 is 0. The van der Waals surface area contributed by atoms with Gasteiger partial charge in [-0.25, -0.2) is 0 Å². The molecule has 0 atom stereocenters. The molecule has 2 aromatic rings. The van der Waals surface area contributed by atoms with Crippen LogP contribution in [0.25, 0.3) is 0 Å². The first kappa shape index (κ1) is 17.3. The molecule has 2 N–H and O–H groups in total. The SMILES string of the molecule is CC(=O)Nc1ccc(C#CCNC(=O)CCc2ccccc2)cc1. The number of hydrogen-bond acceptors (Lipinski definition) is 2. The Kier molecular flexibility index (Phi) is 6.60. The number of benzene rings is 2. The molecule has 0 unspecified atom stereocenters. The molecule has 0 fully saturated rings. The van der Waals surface area contributed by atoms with Crippen LogP contribution in [-0.4, -0.2) is 18.4 Å². The van der Waals surface area contributed by atoms with E-state index in [0.717, 1.165) is 23.2 Å². The van der Waals surface area contributed by atoms with Gasteiger partial charge in [-0.05, 0) is 36.2 Å². The molecule has 0 radical (unpaired) electrons. The Hall–Kier alpha value is -3.06. The van der Waals surface area contributed by atoms with Crippen LogP contribution < -0.4 is 10.6 Å². The van der Waals surface area contributed by atoms with Crippen LogP contribution in [0.4, 0.5) is 5.69 Å². The van der Waals surface area contributed by atoms with E-state index >= 15 is 0 Å². The van der Waals surface area contributed by atoms with Gasteiger partial charge in [-0.1, -0.05) is 42.2 Å². The second-order valence-electron chi connectivity index (χ2n) is 5.32. The summed E-state index contributed by atoms with van der Waals surface area (Å²) in [6.07, 6.45) is 1.18. The lowest BCUT2D eigenvalue weighted by atomic mass is 10.1. The van der Waals surface area contributed by atoms with Gasteiger partial charge in [-0.15, -0.1) is 0 Å². The minimum absolute atomic E-state index is 0.00541. The molecule has 24 heavy (non-hydrogen) atoms. The number of nitrogens with one attached hydrogen (secondary N) is 2. The summed E-state index contributed by atoms with van der Waals surface area (Å²) < 4.78 is 0. The molecule has 0 aromatic heterocycles. The van der Waals surface area contributed by atoms with Crippen LogP contribution in [-0.2, 0) is 16.0 Å². The molecule has 0 heterocycles. The van der Waals surface area contributed by atoms with E-state index < -0.39 is 0 Å². The summed E-state index contributed by atoms with van der Waals surface area (Å²) in [7, 11) is 0. The molecule has 2 amide bonds. The molecule has 0 bridgehead atoms. The quantitative estimate of drug-likeness (QED) is 0.832. The second-order valence-corrected chi connectivity index (χ2v) is 5.32. The van der Waals surface area contributed by atoms with Crippen LogP contribution in [0, 0.1) is 11.8 Å². The van der Waals surface area contributed by atoms with E-state index in [9.17, 15) is 9.59 Å². The zero-order valence-corrected chi connectivity index (χ0v) is 13.6. The highest BCUT2D eigenvalue weighted by Crippen LogP contribution is 2.08. The van der Waals surface area contributed by atoms with E-state index in [1.165, 1.54) is 6.92 Å². The van der Waals surface area contributed by atoms with Crippen LogP contribution in [0.2, 0.25) is 0 Å². The van der Waals surface area contributed by atoms with Crippen molar-refractivity contribution in [2.24, 2.45) is 0 Å². The normalized spacial score (nSPS) is 9.54. The Labute approximate surface area is 142 Å². The van der Waals surface area contributed by atoms with Gasteiger partial charge in [0.15, 0.2) is 0 Å². The number of aryl methyl sites for hydroxylation is 1. The molecule has 0 saturated carbocycles. The largest absolute Gasteiger partial charge is 0.345 e. The van der Waals surface area contributed by atoms with Gasteiger partial charge < -0.3 is 10.6 Å². The van der Waals surface area contributed by atoms with Gasteiger partial charge >= 0.3 is 0 Å². The summed E-state index contributed by atoms with van der Waals surface area (Å²) in [5.74, 6) is 5.79. The first-order valence-corrected chi connectivity index (χ1v) is 7.80. The van der Waals surface area contributed by atoms with E-state index in [2.05, 4.69) is 22.5 Å². The molecular weight excluding hydrogens is 300 g/mol. The lowest BCUT2D eigenvalue weighted by Gasteiger charge is -2.02. The van der Waals surface area contributed by atoms with E-state index in [4.69, 9.17) is 0 Å². The average molecular weight is 320 g/mol. The van der Waals surface area contributed by atoms with E-state index in [1.807, 2.05) is 42.5 Å². The molecular formula is C20H20N2O2. The topological polar surface area (TPSA) is 58.2 Å². The summed E-state index contributed by atoms with van der Waals surface area (Å²) in [4.78, 5) is 22.7. The number of carbonyl (C=O) groups excluding carboxylic acids is 2. The van der Waals surface area contributed by atoms with Crippen molar-refractivity contribution in [3.05, 3.63) is 65.7 Å². The van der Waals surface area contributed by atoms with Gasteiger partial charge in [-0.3, -0.25) is 9.59 Å². The fourth-order valence-electron chi connectivity index (χ4n) is 2.12. The average Bonchev–Trinajstić information content (AvgIpc) is 2.59. The molecule has 0 aliphatic heterocycles. The number of amides is 2. The van der Waals surface area contributed by atoms with Gasteiger partial charge in [0.2, 0.25) is 11.8 Å². The Morgan fingerprint density at radius 2 is 1.71 bits per heavy atom. The minimum Gasteiger partial charge on any atom is -0.345 e. The first-order chi connectivity index (χ1) is 11.6. The zero-order chi connectivity index (χ0) is 17.2. The number of carbonyl (C=O) groups is 2. The van der Waals surface area contributed by atoms with Crippen LogP contribution in [0.15, 0.2) is 54.6 Å². The summed E-state index contributed by atoms with van der Waals surface area (Å²) in [5, 5.41) is 5.49. The monoisotopic (exact) mass is 320 g/mol. The molecule has 0 aliphatic rings. The fourth-order valence-corrected chi connectivity index (χ4v) is 2.12. The lowest BCUT2D eigenvalue weighted by molar-refractivity contribution is -0.120. The number of rotatable bonds is 5. The Balaban J connectivity index is 1.73. The van der Waals surface area contributed by atoms with E-state index in [-0.39, 0.29) is 11.8 Å². The number of hydrogen-bond donors (Lipinski definition) is 2. The van der Waals surface area contributed by atoms with Gasteiger partial charge in [0.1, 0.15) is 0 Å². The Morgan fingerprint density at radius 3 is 2.38 bits per heavy atom. The molecule has 2 aromatic carbocycles. The highest BCUT2D eigenvalue weighted by molar-refractivity contribution is 5.88. The van der Waals surface area contributed by atoms with Gasteiger partial charge in [0.25, 0.3) is 0 Å². The van der Waals surface area contributed by atoms with Crippen molar-refractivity contribution >= 4 is 17.5 Å². The van der Waals surface area contributed by atoms with Crippen LogP contribution in [0.3, 0.4) is 0 Å². The molecule has 0 spiro atoms. The smallest absolute Gasteiger partial charge is 0.221 e. The summed E-state index contributed by atoms with van der Waals surface area (Å²) in [5.41, 5.74) is 2.72. The fraction of sp³-hybridized carbons (Fsp3) is 0.200. The predicted octanol–water partition coefficient (Wildman–Crippen LogP) is 2.75. The van der Waals surface area contributed by atoms with E-state index in [0.29, 0.717) is 13.0 Å². The highest BCUT2D eigenvalue weighted by Gasteiger charge is 2.00. The molecule has 122 valence electrons. The molecule has 0 saturated heterocycles. The highest BCUT2D eigenvalue weighted by atomic mass is 16.2. The maximum atomic E-state index is 11.8. The minimum atomic E-state index is -0.105. The third-order valence-electron chi connectivity index (χ3n) is 3.30. The Bertz CT molecular complexity index is 741. The maximum absolute atomic E-state index is 11.8. The van der Waals surface area contributed by atoms with Crippen molar-refractivity contribution in [1.29, 1.82) is 0 Å². The second kappa shape index (κ2) is 9.16. The van der Waals surface area contributed by atoms with Gasteiger partial charge in [-0.2, -0.15) is 0 Å². The van der Waals surface area contributed by atoms with Crippen LogP contribution in [0.1, 0.15) is 24.5 Å². The van der Waals surface area contributed by atoms with E-state index in [1.54, 1.807) is 12.1 Å². The van der Waals surface area contributed by atoms with Crippen molar-refractivity contribution in [3.63, 3.8) is 0 Å². The summed E-state index contributed by atoms with van der Waals surface area (Å²) in [6.45, 7) is 1.79. The third kappa shape index (κ3) is 6.37. The van der Waals surface area contributed by atoms with Crippen molar-refractivity contribution in [2.45, 2.75) is 19.8 Å². The zero-order valence-electron chi connectivity index (χ0n) is 13.6. The standard InChI is InChI=1S/C20H20N2O2/c1-16(23)22-19-12-9-18(10-13-19)8-5-15-21-20(24)14-11-17-6-3-2-4-7-17/h2-4,6-7,9-10,12-13H,11,14-15H2,1H3,(H,21,24)(H,22,23). The van der Waals surface area contributed by atoms with Gasteiger partial charge in [0, 0.05) is 24.6 Å². The Morgan fingerprint density at radius 1 is 1.00 bits per heavy atom. The maximum Gasteiger partial charge on any atom is 0.221 e. The molecule has 4 heteroatoms. The first-order valence-electron chi connectivity index (χ1n) is 7.80. The van der Waals surface area contributed by atoms with Gasteiger partial charge in [0.05, 0.1) is 6.54 Å². The van der Waals surface area contributed by atoms with Crippen molar-refractivity contribution < 1.29 is 9.59 Å². The van der Waals surface area contributed by atoms with Crippen molar-refractivity contribution in [1.82, 2.24) is 5.32 Å². The molecule has 4 nitrogen and oxygen atoms in total. The third-order valence-corrected chi connectivity index (χ3v) is 3.30. The van der Waals surface area contributed by atoms with Crippen LogP contribution in [0.5, 0.6) is 0 Å². The molecule has 0 aliphatic carbocycles. The van der Waals surface area contributed by atoms with Crippen molar-refractivity contribution in [2.75, 3.05) is 11.9 Å². The lowest BCUT2D eigenvalue weighted by Crippen LogP contribution is -2.23. The predicted molar refractivity (Wildman–Crippen MR) is 95.4 cm³/mol. The van der Waals surface area contributed by atoms with Crippen molar-refractivity contribution in [3.8, 4) is 11.8 Å². The number of anilines is 1. The summed E-state index contributed by atoms with van der Waals surface area (Å²) in [6, 6.07) is 17.2.